The fourth-order valence-electron chi connectivity index (χ4n) is 2.35. The van der Waals surface area contributed by atoms with Crippen LogP contribution < -0.4 is 5.56 Å². The fraction of sp³-hybridized carbons (Fsp3) is 0.400. The molecule has 1 unspecified atom stereocenters. The standard InChI is InChI=1S/C15H18N2O2/c1-4-11-5-6-12-10(3)13(7-9(2)17-19)15(18)16-14(12)8-11/h5-6,8-9H,4,7H2,1-3H3,(H,16,18). The van der Waals surface area contributed by atoms with Crippen LogP contribution in [-0.4, -0.2) is 11.0 Å². The molecule has 1 aromatic heterocycles. The first-order valence-electron chi connectivity index (χ1n) is 6.53. The van der Waals surface area contributed by atoms with Gasteiger partial charge >= 0.3 is 0 Å². The van der Waals surface area contributed by atoms with Crippen molar-refractivity contribution >= 4 is 10.9 Å². The van der Waals surface area contributed by atoms with Crippen molar-refractivity contribution in [3.05, 3.63) is 50.2 Å². The Morgan fingerprint density at radius 3 is 2.74 bits per heavy atom. The smallest absolute Gasteiger partial charge is 0.251 e. The van der Waals surface area contributed by atoms with Crippen molar-refractivity contribution in [2.24, 2.45) is 5.18 Å². The van der Waals surface area contributed by atoms with Gasteiger partial charge < -0.3 is 4.98 Å². The summed E-state index contributed by atoms with van der Waals surface area (Å²) in [7, 11) is 0. The molecule has 1 heterocycles. The molecule has 1 aromatic carbocycles. The van der Waals surface area contributed by atoms with Crippen LogP contribution in [0, 0.1) is 11.8 Å². The van der Waals surface area contributed by atoms with Crippen LogP contribution in [0.3, 0.4) is 0 Å². The summed E-state index contributed by atoms with van der Waals surface area (Å²) in [5, 5.41) is 4.00. The van der Waals surface area contributed by atoms with Crippen LogP contribution in [0.1, 0.15) is 30.5 Å². The van der Waals surface area contributed by atoms with Gasteiger partial charge in [0.25, 0.3) is 5.56 Å². The zero-order chi connectivity index (χ0) is 14.0. The number of nitrogens with zero attached hydrogens (tertiary/aromatic N) is 1. The van der Waals surface area contributed by atoms with Gasteiger partial charge in [-0.25, -0.2) is 0 Å². The third-order valence-corrected chi connectivity index (χ3v) is 3.55. The van der Waals surface area contributed by atoms with Gasteiger partial charge in [0, 0.05) is 22.9 Å². The molecular weight excluding hydrogens is 240 g/mol. The van der Waals surface area contributed by atoms with Crippen LogP contribution in [0.5, 0.6) is 0 Å². The van der Waals surface area contributed by atoms with E-state index in [0.29, 0.717) is 12.0 Å². The van der Waals surface area contributed by atoms with Gasteiger partial charge in [0.2, 0.25) is 0 Å². The maximum atomic E-state index is 12.1. The molecule has 1 atom stereocenters. The SMILES string of the molecule is CCc1ccc2c(C)c(CC(C)N=O)c(=O)[nH]c2c1. The number of pyridine rings is 1. The lowest BCUT2D eigenvalue weighted by Crippen LogP contribution is -2.18. The topological polar surface area (TPSA) is 62.3 Å². The molecule has 0 bridgehead atoms. The predicted molar refractivity (Wildman–Crippen MR) is 77.6 cm³/mol. The highest BCUT2D eigenvalue weighted by Crippen LogP contribution is 2.20. The number of hydrogen-bond donors (Lipinski definition) is 1. The largest absolute Gasteiger partial charge is 0.322 e. The summed E-state index contributed by atoms with van der Waals surface area (Å²) in [6.45, 7) is 5.73. The normalized spacial score (nSPS) is 12.6. The number of fused-ring (bicyclic) bond motifs is 1. The van der Waals surface area contributed by atoms with Gasteiger partial charge in [-0.2, -0.15) is 4.91 Å². The van der Waals surface area contributed by atoms with Gasteiger partial charge in [0.15, 0.2) is 0 Å². The molecule has 0 saturated heterocycles. The van der Waals surface area contributed by atoms with E-state index in [1.54, 1.807) is 6.92 Å². The Kier molecular flexibility index (Phi) is 3.79. The van der Waals surface area contributed by atoms with Gasteiger partial charge in [0.05, 0.1) is 6.04 Å². The Bertz CT molecular complexity index is 674. The monoisotopic (exact) mass is 258 g/mol. The third-order valence-electron chi connectivity index (χ3n) is 3.55. The van der Waals surface area contributed by atoms with E-state index in [-0.39, 0.29) is 11.6 Å². The second kappa shape index (κ2) is 5.34. The first kappa shape index (κ1) is 13.5. The van der Waals surface area contributed by atoms with E-state index in [4.69, 9.17) is 0 Å². The number of nitroso groups, excluding NO2 is 1. The second-order valence-electron chi connectivity index (χ2n) is 4.95. The molecule has 4 nitrogen and oxygen atoms in total. The molecule has 2 rings (SSSR count). The van der Waals surface area contributed by atoms with E-state index in [1.807, 2.05) is 19.1 Å². The number of H-pyrrole nitrogens is 1. The average Bonchev–Trinajstić information content (AvgIpc) is 2.42. The maximum Gasteiger partial charge on any atom is 0.251 e. The van der Waals surface area contributed by atoms with Crippen molar-refractivity contribution in [3.63, 3.8) is 0 Å². The lowest BCUT2D eigenvalue weighted by Gasteiger charge is -2.10. The lowest BCUT2D eigenvalue weighted by molar-refractivity contribution is 0.725. The fourth-order valence-corrected chi connectivity index (χ4v) is 2.35. The minimum atomic E-state index is -0.382. The summed E-state index contributed by atoms with van der Waals surface area (Å²) >= 11 is 0. The number of hydrogen-bond acceptors (Lipinski definition) is 3. The first-order chi connectivity index (χ1) is 9.06. The van der Waals surface area contributed by atoms with Crippen LogP contribution in [0.4, 0.5) is 0 Å². The number of aryl methyl sites for hydroxylation is 2. The Labute approximate surface area is 111 Å². The van der Waals surface area contributed by atoms with Crippen LogP contribution in [0.25, 0.3) is 10.9 Å². The van der Waals surface area contributed by atoms with Gasteiger partial charge in [-0.15, -0.1) is 0 Å². The summed E-state index contributed by atoms with van der Waals surface area (Å²) in [5.74, 6) is 0. The predicted octanol–water partition coefficient (Wildman–Crippen LogP) is 3.10. The molecule has 0 aliphatic rings. The zero-order valence-corrected chi connectivity index (χ0v) is 11.5. The Hall–Kier alpha value is -1.97. The van der Waals surface area contributed by atoms with Crippen molar-refractivity contribution in [2.75, 3.05) is 0 Å². The molecule has 0 amide bonds. The number of rotatable bonds is 4. The molecule has 0 aliphatic carbocycles. The van der Waals surface area contributed by atoms with E-state index in [9.17, 15) is 9.70 Å². The summed E-state index contributed by atoms with van der Waals surface area (Å²) in [6.07, 6.45) is 1.32. The average molecular weight is 258 g/mol. The molecule has 0 spiro atoms. The van der Waals surface area contributed by atoms with E-state index in [1.165, 1.54) is 5.56 Å². The van der Waals surface area contributed by atoms with E-state index in [2.05, 4.69) is 23.2 Å². The minimum absolute atomic E-state index is 0.117. The minimum Gasteiger partial charge on any atom is -0.322 e. The summed E-state index contributed by atoms with van der Waals surface area (Å²) in [5.41, 5.74) is 3.53. The number of aromatic nitrogens is 1. The molecule has 0 radical (unpaired) electrons. The van der Waals surface area contributed by atoms with Crippen LogP contribution in [0.15, 0.2) is 28.2 Å². The lowest BCUT2D eigenvalue weighted by atomic mass is 9.98. The Balaban J connectivity index is 2.62. The molecule has 0 saturated carbocycles. The van der Waals surface area contributed by atoms with Crippen LogP contribution >= 0.6 is 0 Å². The number of benzene rings is 1. The highest BCUT2D eigenvalue weighted by molar-refractivity contribution is 5.83. The highest BCUT2D eigenvalue weighted by atomic mass is 16.3. The molecule has 1 N–H and O–H groups in total. The third kappa shape index (κ3) is 2.57. The molecule has 2 aromatic rings. The summed E-state index contributed by atoms with van der Waals surface area (Å²) in [6, 6.07) is 5.72. The van der Waals surface area contributed by atoms with E-state index < -0.39 is 0 Å². The van der Waals surface area contributed by atoms with Crippen molar-refractivity contribution in [1.29, 1.82) is 0 Å². The van der Waals surface area contributed by atoms with E-state index in [0.717, 1.165) is 22.9 Å². The second-order valence-corrected chi connectivity index (χ2v) is 4.95. The van der Waals surface area contributed by atoms with Crippen molar-refractivity contribution in [3.8, 4) is 0 Å². The van der Waals surface area contributed by atoms with Crippen LogP contribution in [-0.2, 0) is 12.8 Å². The van der Waals surface area contributed by atoms with Gasteiger partial charge in [-0.3, -0.25) is 4.79 Å². The Morgan fingerprint density at radius 2 is 2.11 bits per heavy atom. The molecule has 19 heavy (non-hydrogen) atoms. The summed E-state index contributed by atoms with van der Waals surface area (Å²) in [4.78, 5) is 25.5. The molecule has 4 heteroatoms. The van der Waals surface area contributed by atoms with Crippen LogP contribution in [0.2, 0.25) is 0 Å². The van der Waals surface area contributed by atoms with Gasteiger partial charge in [-0.1, -0.05) is 24.2 Å². The first-order valence-corrected chi connectivity index (χ1v) is 6.53. The van der Waals surface area contributed by atoms with Gasteiger partial charge in [-0.05, 0) is 37.5 Å². The summed E-state index contributed by atoms with van der Waals surface area (Å²) < 4.78 is 0. The molecule has 0 aliphatic heterocycles. The van der Waals surface area contributed by atoms with Crippen molar-refractivity contribution < 1.29 is 0 Å². The Morgan fingerprint density at radius 1 is 1.37 bits per heavy atom. The molecular formula is C15H18N2O2. The quantitative estimate of drug-likeness (QED) is 0.856. The van der Waals surface area contributed by atoms with Gasteiger partial charge in [0.1, 0.15) is 0 Å². The van der Waals surface area contributed by atoms with E-state index >= 15 is 0 Å². The van der Waals surface area contributed by atoms with Crippen molar-refractivity contribution in [1.82, 2.24) is 4.98 Å². The maximum absolute atomic E-state index is 12.1. The van der Waals surface area contributed by atoms with Crippen molar-refractivity contribution in [2.45, 2.75) is 39.7 Å². The highest BCUT2D eigenvalue weighted by Gasteiger charge is 2.13. The number of aromatic amines is 1. The number of nitrogens with one attached hydrogen (secondary N) is 1. The molecule has 100 valence electrons. The zero-order valence-electron chi connectivity index (χ0n) is 11.5. The molecule has 0 fully saturated rings.